The molecule has 0 saturated heterocycles. The Morgan fingerprint density at radius 3 is 2.40 bits per heavy atom. The van der Waals surface area contributed by atoms with Crippen LogP contribution in [0.2, 0.25) is 5.02 Å². The number of ether oxygens (including phenoxy) is 1. The van der Waals surface area contributed by atoms with Crippen LogP contribution in [0.25, 0.3) is 11.4 Å². The zero-order chi connectivity index (χ0) is 28.8. The van der Waals surface area contributed by atoms with Crippen molar-refractivity contribution in [1.29, 1.82) is 0 Å². The van der Waals surface area contributed by atoms with Gasteiger partial charge in [-0.25, -0.2) is 9.36 Å². The summed E-state index contributed by atoms with van der Waals surface area (Å²) in [7, 11) is 1.13. The van der Waals surface area contributed by atoms with E-state index in [-0.39, 0.29) is 18.1 Å². The molecule has 0 amide bonds. The minimum absolute atomic E-state index is 0.0154. The lowest BCUT2D eigenvalue weighted by Crippen LogP contribution is -2.45. The molecule has 0 aliphatic carbocycles. The number of nitrogens with zero attached hydrogens (tertiary/aromatic N) is 5. The van der Waals surface area contributed by atoms with Gasteiger partial charge in [-0.1, -0.05) is 59.8 Å². The van der Waals surface area contributed by atoms with Crippen molar-refractivity contribution in [3.8, 4) is 11.4 Å². The third-order valence-corrected chi connectivity index (χ3v) is 7.13. The SMILES string of the molecule is C=CCn1c(SCC(=O)c2c(N)n(Cc3ccccc3)c(=O)n(CC(=O)OC)c2=O)nnc1-c1ccc(Cl)cc1. The van der Waals surface area contributed by atoms with Gasteiger partial charge in [-0.15, -0.1) is 16.8 Å². The van der Waals surface area contributed by atoms with E-state index in [4.69, 9.17) is 17.3 Å². The number of carbonyl (C=O) groups is 2. The summed E-state index contributed by atoms with van der Waals surface area (Å²) >= 11 is 7.05. The molecule has 40 heavy (non-hydrogen) atoms. The molecule has 2 heterocycles. The number of hydrogen-bond donors (Lipinski definition) is 1. The van der Waals surface area contributed by atoms with Gasteiger partial charge in [0.25, 0.3) is 5.56 Å². The van der Waals surface area contributed by atoms with Gasteiger partial charge >= 0.3 is 11.7 Å². The van der Waals surface area contributed by atoms with Gasteiger partial charge in [0.15, 0.2) is 16.8 Å². The molecule has 0 unspecified atom stereocenters. The third kappa shape index (κ3) is 6.08. The average Bonchev–Trinajstić information content (AvgIpc) is 3.35. The minimum Gasteiger partial charge on any atom is -0.468 e. The van der Waals surface area contributed by atoms with E-state index in [9.17, 15) is 19.2 Å². The fourth-order valence-corrected chi connectivity index (χ4v) is 4.88. The predicted octanol–water partition coefficient (Wildman–Crippen LogP) is 2.89. The first-order chi connectivity index (χ1) is 19.2. The summed E-state index contributed by atoms with van der Waals surface area (Å²) in [5, 5.41) is 9.44. The monoisotopic (exact) mass is 580 g/mol. The highest BCUT2D eigenvalue weighted by Gasteiger charge is 2.25. The summed E-state index contributed by atoms with van der Waals surface area (Å²) in [4.78, 5) is 51.9. The van der Waals surface area contributed by atoms with Crippen LogP contribution in [0.15, 0.2) is 82.0 Å². The molecule has 0 fully saturated rings. The number of Topliss-reactive ketones (excluding diaryl/α,β-unsaturated/α-hetero) is 1. The number of aromatic nitrogens is 5. The highest BCUT2D eigenvalue weighted by molar-refractivity contribution is 7.99. The molecule has 0 atom stereocenters. The number of carbonyl (C=O) groups excluding carboxylic acids is 2. The number of ketones is 1. The number of esters is 1. The summed E-state index contributed by atoms with van der Waals surface area (Å²) in [6, 6.07) is 16.0. The molecule has 0 bridgehead atoms. The number of methoxy groups -OCH3 is 1. The maximum Gasteiger partial charge on any atom is 0.333 e. The van der Waals surface area contributed by atoms with Gasteiger partial charge in [-0.05, 0) is 29.8 Å². The Morgan fingerprint density at radius 2 is 1.75 bits per heavy atom. The minimum atomic E-state index is -0.975. The summed E-state index contributed by atoms with van der Waals surface area (Å²) in [5.74, 6) is -1.45. The maximum atomic E-state index is 13.4. The number of allylic oxidation sites excluding steroid dienone is 1. The number of nitrogen functional groups attached to an aromatic ring is 1. The third-order valence-electron chi connectivity index (χ3n) is 5.91. The molecule has 13 heteroatoms. The Bertz CT molecular complexity index is 1680. The standard InChI is InChI=1S/C27H25ClN6O5S/c1-3-13-32-24(18-9-11-19(28)12-10-18)30-31-26(32)40-16-20(35)22-23(29)33(14-17-7-5-4-6-8-17)27(38)34(25(22)37)15-21(36)39-2/h3-12H,1,13-16,29H2,2H3. The lowest BCUT2D eigenvalue weighted by molar-refractivity contribution is -0.141. The fourth-order valence-electron chi connectivity index (χ4n) is 3.93. The van der Waals surface area contributed by atoms with Crippen LogP contribution in [-0.2, 0) is 29.2 Å². The van der Waals surface area contributed by atoms with Crippen LogP contribution in [0.4, 0.5) is 5.82 Å². The molecular formula is C27H25ClN6O5S. The number of anilines is 1. The van der Waals surface area contributed by atoms with Gasteiger partial charge in [0, 0.05) is 17.1 Å². The van der Waals surface area contributed by atoms with Crippen molar-refractivity contribution < 1.29 is 14.3 Å². The smallest absolute Gasteiger partial charge is 0.333 e. The molecule has 0 aliphatic heterocycles. The van der Waals surface area contributed by atoms with E-state index in [0.29, 0.717) is 32.7 Å². The zero-order valence-corrected chi connectivity index (χ0v) is 23.0. The number of rotatable bonds is 11. The zero-order valence-electron chi connectivity index (χ0n) is 21.4. The number of hydrogen-bond acceptors (Lipinski definition) is 9. The maximum absolute atomic E-state index is 13.4. The summed E-state index contributed by atoms with van der Waals surface area (Å²) in [6.45, 7) is 3.45. The van der Waals surface area contributed by atoms with Gasteiger partial charge in [-0.3, -0.25) is 23.5 Å². The van der Waals surface area contributed by atoms with E-state index in [2.05, 4.69) is 21.5 Å². The second-order valence-electron chi connectivity index (χ2n) is 8.51. The quantitative estimate of drug-likeness (QED) is 0.122. The highest BCUT2D eigenvalue weighted by atomic mass is 35.5. The number of halogens is 1. The van der Waals surface area contributed by atoms with E-state index in [0.717, 1.165) is 29.0 Å². The lowest BCUT2D eigenvalue weighted by Gasteiger charge is -2.16. The Balaban J connectivity index is 1.70. The van der Waals surface area contributed by atoms with Crippen LogP contribution < -0.4 is 17.0 Å². The van der Waals surface area contributed by atoms with Crippen molar-refractivity contribution in [2.45, 2.75) is 24.8 Å². The Hall–Kier alpha value is -4.42. The van der Waals surface area contributed by atoms with Gasteiger partial charge in [0.1, 0.15) is 17.9 Å². The van der Waals surface area contributed by atoms with Gasteiger partial charge in [0.2, 0.25) is 0 Å². The van der Waals surface area contributed by atoms with Crippen LogP contribution >= 0.6 is 23.4 Å². The molecule has 2 N–H and O–H groups in total. The highest BCUT2D eigenvalue weighted by Crippen LogP contribution is 2.26. The van der Waals surface area contributed by atoms with Crippen LogP contribution in [0, 0.1) is 0 Å². The van der Waals surface area contributed by atoms with Crippen LogP contribution in [0.5, 0.6) is 0 Å². The van der Waals surface area contributed by atoms with Crippen LogP contribution in [0.1, 0.15) is 15.9 Å². The van der Waals surface area contributed by atoms with Gasteiger partial charge < -0.3 is 10.5 Å². The first-order valence-electron chi connectivity index (χ1n) is 11.9. The van der Waals surface area contributed by atoms with E-state index < -0.39 is 35.1 Å². The molecule has 4 rings (SSSR count). The largest absolute Gasteiger partial charge is 0.468 e. The predicted molar refractivity (Wildman–Crippen MR) is 153 cm³/mol. The van der Waals surface area contributed by atoms with Crippen molar-refractivity contribution in [2.75, 3.05) is 18.6 Å². The normalized spacial score (nSPS) is 10.8. The summed E-state index contributed by atoms with van der Waals surface area (Å²) < 4.78 is 8.15. The number of nitrogens with two attached hydrogens (primary N) is 1. The van der Waals surface area contributed by atoms with Crippen molar-refractivity contribution >= 4 is 40.9 Å². The average molecular weight is 581 g/mol. The first-order valence-corrected chi connectivity index (χ1v) is 13.3. The molecule has 0 radical (unpaired) electrons. The summed E-state index contributed by atoms with van der Waals surface area (Å²) in [5.41, 5.74) is 5.51. The first kappa shape index (κ1) is 28.6. The molecule has 0 saturated carbocycles. The van der Waals surface area contributed by atoms with E-state index in [1.807, 2.05) is 6.07 Å². The number of benzene rings is 2. The molecule has 206 valence electrons. The second-order valence-corrected chi connectivity index (χ2v) is 9.89. The van der Waals surface area contributed by atoms with Crippen molar-refractivity contribution in [3.63, 3.8) is 0 Å². The van der Waals surface area contributed by atoms with Crippen molar-refractivity contribution in [1.82, 2.24) is 23.9 Å². The molecular weight excluding hydrogens is 556 g/mol. The van der Waals surface area contributed by atoms with E-state index in [1.54, 1.807) is 59.2 Å². The van der Waals surface area contributed by atoms with Crippen LogP contribution in [0.3, 0.4) is 0 Å². The van der Waals surface area contributed by atoms with Crippen molar-refractivity contribution in [2.24, 2.45) is 0 Å². The Morgan fingerprint density at radius 1 is 1.05 bits per heavy atom. The van der Waals surface area contributed by atoms with Gasteiger partial charge in [-0.2, -0.15) is 0 Å². The molecule has 2 aromatic carbocycles. The lowest BCUT2D eigenvalue weighted by atomic mass is 10.2. The van der Waals surface area contributed by atoms with E-state index in [1.165, 1.54) is 0 Å². The summed E-state index contributed by atoms with van der Waals surface area (Å²) in [6.07, 6.45) is 1.66. The fraction of sp³-hybridized carbons (Fsp3) is 0.185. The van der Waals surface area contributed by atoms with Gasteiger partial charge in [0.05, 0.1) is 19.4 Å². The number of thioether (sulfide) groups is 1. The molecule has 0 spiro atoms. The second kappa shape index (κ2) is 12.6. The van der Waals surface area contributed by atoms with Crippen molar-refractivity contribution in [3.05, 3.63) is 104 Å². The Labute approximate surface area is 237 Å². The molecule has 0 aliphatic rings. The molecule has 11 nitrogen and oxygen atoms in total. The Kier molecular flexibility index (Phi) is 9.02. The molecule has 4 aromatic rings. The van der Waals surface area contributed by atoms with E-state index >= 15 is 0 Å². The molecule has 2 aromatic heterocycles. The topological polar surface area (TPSA) is 144 Å². The van der Waals surface area contributed by atoms with Crippen LogP contribution in [-0.4, -0.2) is 48.5 Å².